The van der Waals surface area contributed by atoms with Crippen molar-refractivity contribution in [2.75, 3.05) is 0 Å². The van der Waals surface area contributed by atoms with Crippen molar-refractivity contribution in [1.82, 2.24) is 4.98 Å². The average molecular weight is 326 g/mol. The Morgan fingerprint density at radius 2 is 2.06 bits per heavy atom. The van der Waals surface area contributed by atoms with Crippen LogP contribution in [0.3, 0.4) is 0 Å². The second kappa shape index (κ2) is 5.83. The van der Waals surface area contributed by atoms with Crippen molar-refractivity contribution in [2.45, 2.75) is 18.9 Å². The van der Waals surface area contributed by atoms with Crippen molar-refractivity contribution >= 4 is 27.5 Å². The van der Waals surface area contributed by atoms with Gasteiger partial charge in [0.1, 0.15) is 0 Å². The van der Waals surface area contributed by atoms with Gasteiger partial charge in [0.15, 0.2) is 0 Å². The molecule has 2 N–H and O–H groups in total. The van der Waals surface area contributed by atoms with Gasteiger partial charge in [0.25, 0.3) is 0 Å². The van der Waals surface area contributed by atoms with E-state index in [1.807, 2.05) is 36.4 Å². The summed E-state index contributed by atoms with van der Waals surface area (Å²) in [5.41, 5.74) is 8.34. The van der Waals surface area contributed by atoms with Crippen LogP contribution >= 0.6 is 27.5 Å². The lowest BCUT2D eigenvalue weighted by Crippen LogP contribution is -2.19. The van der Waals surface area contributed by atoms with E-state index < -0.39 is 0 Å². The third-order valence-corrected chi connectivity index (χ3v) is 3.94. The number of nitrogens with two attached hydrogens (primary N) is 1. The highest BCUT2D eigenvalue weighted by Crippen LogP contribution is 2.33. The fourth-order valence-electron chi connectivity index (χ4n) is 1.87. The molecule has 2 nitrogen and oxygen atoms in total. The predicted octanol–water partition coefficient (Wildman–Crippen LogP) is 4.30. The Hall–Kier alpha value is -0.900. The Kier molecular flexibility index (Phi) is 4.38. The molecule has 2 rings (SSSR count). The number of pyridine rings is 1. The first kappa shape index (κ1) is 13.5. The van der Waals surface area contributed by atoms with Gasteiger partial charge < -0.3 is 5.73 Å². The first-order valence-corrected chi connectivity index (χ1v) is 6.88. The number of rotatable bonds is 3. The van der Waals surface area contributed by atoms with E-state index in [0.717, 1.165) is 15.7 Å². The third kappa shape index (κ3) is 2.91. The normalized spacial score (nSPS) is 14.2. The molecule has 0 saturated carbocycles. The molecular weight excluding hydrogens is 312 g/mol. The summed E-state index contributed by atoms with van der Waals surface area (Å²) in [6, 6.07) is 11.4. The minimum atomic E-state index is -0.119. The number of hydrogen-bond acceptors (Lipinski definition) is 2. The molecule has 0 amide bonds. The SMILES string of the molecule is CC(c1ccccn1)C(N)c1ccc(Cl)cc1Br. The number of aromatic nitrogens is 1. The van der Waals surface area contributed by atoms with Crippen molar-refractivity contribution in [3.8, 4) is 0 Å². The highest BCUT2D eigenvalue weighted by atomic mass is 79.9. The molecule has 1 aromatic carbocycles. The number of halogens is 2. The highest BCUT2D eigenvalue weighted by molar-refractivity contribution is 9.10. The van der Waals surface area contributed by atoms with Crippen molar-refractivity contribution in [3.63, 3.8) is 0 Å². The van der Waals surface area contributed by atoms with Crippen LogP contribution in [0.15, 0.2) is 47.1 Å². The Bertz CT molecular complexity index is 531. The maximum absolute atomic E-state index is 6.31. The molecule has 18 heavy (non-hydrogen) atoms. The molecule has 0 aliphatic rings. The first-order chi connectivity index (χ1) is 8.59. The summed E-state index contributed by atoms with van der Waals surface area (Å²) < 4.78 is 0.935. The Morgan fingerprint density at radius 1 is 1.28 bits per heavy atom. The van der Waals surface area contributed by atoms with Crippen LogP contribution in [-0.4, -0.2) is 4.98 Å². The molecule has 0 fully saturated rings. The van der Waals surface area contributed by atoms with Gasteiger partial charge in [-0.05, 0) is 29.8 Å². The molecule has 2 unspecified atom stereocenters. The van der Waals surface area contributed by atoms with Crippen LogP contribution in [0.25, 0.3) is 0 Å². The molecule has 2 atom stereocenters. The van der Waals surface area contributed by atoms with Crippen LogP contribution < -0.4 is 5.73 Å². The molecule has 0 aliphatic carbocycles. The predicted molar refractivity (Wildman–Crippen MR) is 78.7 cm³/mol. The molecule has 0 spiro atoms. The lowest BCUT2D eigenvalue weighted by Gasteiger charge is -2.21. The van der Waals surface area contributed by atoms with Crippen molar-refractivity contribution < 1.29 is 0 Å². The highest BCUT2D eigenvalue weighted by Gasteiger charge is 2.19. The lowest BCUT2D eigenvalue weighted by atomic mass is 9.92. The van der Waals surface area contributed by atoms with Crippen LogP contribution in [-0.2, 0) is 0 Å². The topological polar surface area (TPSA) is 38.9 Å². The Balaban J connectivity index is 2.28. The zero-order chi connectivity index (χ0) is 13.1. The van der Waals surface area contributed by atoms with Crippen LogP contribution in [0, 0.1) is 0 Å². The van der Waals surface area contributed by atoms with Crippen LogP contribution in [0.4, 0.5) is 0 Å². The fourth-order valence-corrected chi connectivity index (χ4v) is 2.82. The molecule has 0 bridgehead atoms. The molecule has 4 heteroatoms. The second-order valence-corrected chi connectivity index (χ2v) is 5.53. The van der Waals surface area contributed by atoms with Gasteiger partial charge in [0.05, 0.1) is 0 Å². The van der Waals surface area contributed by atoms with Crippen molar-refractivity contribution in [3.05, 3.63) is 63.3 Å². The third-order valence-electron chi connectivity index (χ3n) is 3.01. The van der Waals surface area contributed by atoms with E-state index in [0.29, 0.717) is 5.02 Å². The zero-order valence-corrected chi connectivity index (χ0v) is 12.3. The molecule has 2 aromatic rings. The van der Waals surface area contributed by atoms with Crippen LogP contribution in [0.1, 0.15) is 30.1 Å². The molecule has 0 radical (unpaired) electrons. The molecule has 1 aromatic heterocycles. The summed E-state index contributed by atoms with van der Waals surface area (Å²) in [7, 11) is 0. The van der Waals surface area contributed by atoms with Gasteiger partial charge in [-0.2, -0.15) is 0 Å². The van der Waals surface area contributed by atoms with Crippen LogP contribution in [0.5, 0.6) is 0 Å². The molecular formula is C14H14BrClN2. The largest absolute Gasteiger partial charge is 0.323 e. The van der Waals surface area contributed by atoms with E-state index in [2.05, 4.69) is 27.8 Å². The van der Waals surface area contributed by atoms with Gasteiger partial charge in [0, 0.05) is 33.3 Å². The first-order valence-electron chi connectivity index (χ1n) is 5.71. The van der Waals surface area contributed by atoms with E-state index in [1.165, 1.54) is 0 Å². The number of benzene rings is 1. The fraction of sp³-hybridized carbons (Fsp3) is 0.214. The summed E-state index contributed by atoms with van der Waals surface area (Å²) in [6.45, 7) is 2.08. The summed E-state index contributed by atoms with van der Waals surface area (Å²) in [5, 5.41) is 0.698. The Morgan fingerprint density at radius 3 is 2.67 bits per heavy atom. The maximum atomic E-state index is 6.31. The maximum Gasteiger partial charge on any atom is 0.0450 e. The minimum absolute atomic E-state index is 0.119. The van der Waals surface area contributed by atoms with Gasteiger partial charge in [-0.25, -0.2) is 0 Å². The minimum Gasteiger partial charge on any atom is -0.323 e. The monoisotopic (exact) mass is 324 g/mol. The summed E-state index contributed by atoms with van der Waals surface area (Å²) in [4.78, 5) is 4.35. The number of hydrogen-bond donors (Lipinski definition) is 1. The zero-order valence-electron chi connectivity index (χ0n) is 9.98. The lowest BCUT2D eigenvalue weighted by molar-refractivity contribution is 0.582. The Labute approximate surface area is 120 Å². The second-order valence-electron chi connectivity index (χ2n) is 4.23. The summed E-state index contributed by atoms with van der Waals surface area (Å²) >= 11 is 9.44. The molecule has 0 aliphatic heterocycles. The van der Waals surface area contributed by atoms with Crippen LogP contribution in [0.2, 0.25) is 5.02 Å². The van der Waals surface area contributed by atoms with Gasteiger partial charge in [-0.3, -0.25) is 4.98 Å². The van der Waals surface area contributed by atoms with E-state index in [1.54, 1.807) is 6.20 Å². The smallest absolute Gasteiger partial charge is 0.0450 e. The van der Waals surface area contributed by atoms with E-state index in [-0.39, 0.29) is 12.0 Å². The molecule has 1 heterocycles. The van der Waals surface area contributed by atoms with E-state index in [9.17, 15) is 0 Å². The molecule has 94 valence electrons. The average Bonchev–Trinajstić information content (AvgIpc) is 2.38. The van der Waals surface area contributed by atoms with Crippen molar-refractivity contribution in [1.29, 1.82) is 0 Å². The van der Waals surface area contributed by atoms with E-state index in [4.69, 9.17) is 17.3 Å². The molecule has 0 saturated heterocycles. The summed E-state index contributed by atoms with van der Waals surface area (Å²) in [5.74, 6) is 0.142. The number of nitrogens with zero attached hydrogens (tertiary/aromatic N) is 1. The standard InChI is InChI=1S/C14H14BrClN2/c1-9(13-4-2-3-7-18-13)14(17)11-6-5-10(16)8-12(11)15/h2-9,14H,17H2,1H3. The van der Waals surface area contributed by atoms with Gasteiger partial charge in [0.2, 0.25) is 0 Å². The van der Waals surface area contributed by atoms with Gasteiger partial charge in [-0.1, -0.05) is 46.6 Å². The van der Waals surface area contributed by atoms with Crippen molar-refractivity contribution in [2.24, 2.45) is 5.73 Å². The summed E-state index contributed by atoms with van der Waals surface area (Å²) in [6.07, 6.45) is 1.79. The van der Waals surface area contributed by atoms with E-state index >= 15 is 0 Å². The van der Waals surface area contributed by atoms with Gasteiger partial charge >= 0.3 is 0 Å². The van der Waals surface area contributed by atoms with Gasteiger partial charge in [-0.15, -0.1) is 0 Å². The quantitative estimate of drug-likeness (QED) is 0.913.